The molecule has 1 heteroatoms. The van der Waals surface area contributed by atoms with Crippen LogP contribution < -0.4 is 5.73 Å². The molecule has 0 aliphatic heterocycles. The summed E-state index contributed by atoms with van der Waals surface area (Å²) < 4.78 is 0. The van der Waals surface area contributed by atoms with E-state index >= 15 is 0 Å². The van der Waals surface area contributed by atoms with Crippen molar-refractivity contribution in [2.24, 2.45) is 5.73 Å². The van der Waals surface area contributed by atoms with Gasteiger partial charge in [-0.3, -0.25) is 0 Å². The van der Waals surface area contributed by atoms with Crippen LogP contribution in [0.5, 0.6) is 0 Å². The van der Waals surface area contributed by atoms with E-state index in [-0.39, 0.29) is 0 Å². The fraction of sp³-hybridized carbons (Fsp3) is 0.105. The largest absolute Gasteiger partial charge is 0.329 e. The summed E-state index contributed by atoms with van der Waals surface area (Å²) in [6.45, 7) is 4.93. The third-order valence-corrected chi connectivity index (χ3v) is 3.98. The lowest BCUT2D eigenvalue weighted by Gasteiger charge is -2.30. The molecule has 1 unspecified atom stereocenters. The Morgan fingerprint density at radius 1 is 0.800 bits per heavy atom. The minimum absolute atomic E-state index is 0.415. The van der Waals surface area contributed by atoms with E-state index in [1.807, 2.05) is 18.2 Å². The zero-order chi connectivity index (χ0) is 14.0. The normalized spacial score (nSPS) is 14.1. The number of rotatable bonds is 3. The number of hydrogen-bond donors (Lipinski definition) is 1. The zero-order valence-corrected chi connectivity index (χ0v) is 11.4. The Balaban J connectivity index is 2.27. The number of hydrogen-bond acceptors (Lipinski definition) is 1. The Morgan fingerprint density at radius 2 is 1.45 bits per heavy atom. The predicted molar refractivity (Wildman–Crippen MR) is 85.6 cm³/mol. The fourth-order valence-electron chi connectivity index (χ4n) is 2.78. The van der Waals surface area contributed by atoms with Crippen LogP contribution in [0, 0.1) is 6.92 Å². The maximum absolute atomic E-state index is 6.10. The Labute approximate surface area is 120 Å². The van der Waals surface area contributed by atoms with Gasteiger partial charge in [0.2, 0.25) is 0 Å². The molecule has 20 heavy (non-hydrogen) atoms. The second kappa shape index (κ2) is 5.10. The first-order valence-electron chi connectivity index (χ1n) is 6.85. The van der Waals surface area contributed by atoms with Crippen molar-refractivity contribution in [3.05, 3.63) is 90.8 Å². The maximum Gasteiger partial charge on any atom is 0.0331 e. The lowest BCUT2D eigenvalue weighted by molar-refractivity contribution is 0.656. The van der Waals surface area contributed by atoms with Crippen molar-refractivity contribution in [3.8, 4) is 0 Å². The summed E-state index contributed by atoms with van der Waals surface area (Å²) in [6.07, 6.45) is 0. The molecule has 3 aromatic carbocycles. The zero-order valence-electron chi connectivity index (χ0n) is 11.4. The van der Waals surface area contributed by atoms with Gasteiger partial charge in [-0.25, -0.2) is 0 Å². The molecule has 0 aliphatic carbocycles. The number of nitrogens with two attached hydrogens (primary N) is 1. The summed E-state index contributed by atoms with van der Waals surface area (Å²) in [5.74, 6) is 0. The van der Waals surface area contributed by atoms with E-state index in [1.54, 1.807) is 0 Å². The lowest BCUT2D eigenvalue weighted by Crippen LogP contribution is -2.33. The molecule has 0 heterocycles. The molecule has 0 amide bonds. The van der Waals surface area contributed by atoms with Crippen LogP contribution in [0.25, 0.3) is 10.8 Å². The standard InChI is InChI=1S/C19H18N/c1-19(14-20,16-10-3-2-4-11-16)18-13-7-9-15-8-5-6-12-17(15)18/h2-13H,1,14,20H2. The molecule has 2 N–H and O–H groups in total. The van der Waals surface area contributed by atoms with Crippen molar-refractivity contribution < 1.29 is 0 Å². The van der Waals surface area contributed by atoms with E-state index < -0.39 is 5.41 Å². The third-order valence-electron chi connectivity index (χ3n) is 3.98. The van der Waals surface area contributed by atoms with Crippen LogP contribution >= 0.6 is 0 Å². The van der Waals surface area contributed by atoms with Crippen LogP contribution in [-0.2, 0) is 5.41 Å². The molecule has 0 bridgehead atoms. The second-order valence-corrected chi connectivity index (χ2v) is 5.18. The van der Waals surface area contributed by atoms with Crippen LogP contribution in [0.3, 0.4) is 0 Å². The minimum atomic E-state index is -0.415. The van der Waals surface area contributed by atoms with Crippen molar-refractivity contribution in [2.75, 3.05) is 6.54 Å². The van der Waals surface area contributed by atoms with Gasteiger partial charge in [0.15, 0.2) is 0 Å². The second-order valence-electron chi connectivity index (χ2n) is 5.18. The van der Waals surface area contributed by atoms with Crippen LogP contribution in [0.4, 0.5) is 0 Å². The van der Waals surface area contributed by atoms with Gasteiger partial charge >= 0.3 is 0 Å². The Bertz CT molecular complexity index is 713. The summed E-state index contributed by atoms with van der Waals surface area (Å²) in [5.41, 5.74) is 8.02. The van der Waals surface area contributed by atoms with Gasteiger partial charge in [-0.2, -0.15) is 0 Å². The van der Waals surface area contributed by atoms with Crippen LogP contribution in [-0.4, -0.2) is 6.54 Å². The molecular formula is C19H18N. The number of benzene rings is 3. The topological polar surface area (TPSA) is 26.0 Å². The van der Waals surface area contributed by atoms with Crippen molar-refractivity contribution >= 4 is 10.8 Å². The average molecular weight is 260 g/mol. The minimum Gasteiger partial charge on any atom is -0.329 e. The highest BCUT2D eigenvalue weighted by atomic mass is 14.6. The molecule has 0 aliphatic rings. The van der Waals surface area contributed by atoms with E-state index in [0.29, 0.717) is 6.54 Å². The first-order chi connectivity index (χ1) is 9.75. The smallest absolute Gasteiger partial charge is 0.0331 e. The monoisotopic (exact) mass is 260 g/mol. The molecule has 0 spiro atoms. The summed E-state index contributed by atoms with van der Waals surface area (Å²) >= 11 is 0. The van der Waals surface area contributed by atoms with E-state index in [4.69, 9.17) is 5.73 Å². The molecule has 0 saturated heterocycles. The van der Waals surface area contributed by atoms with E-state index in [9.17, 15) is 0 Å². The van der Waals surface area contributed by atoms with Crippen molar-refractivity contribution in [1.29, 1.82) is 0 Å². The van der Waals surface area contributed by atoms with Gasteiger partial charge in [0.1, 0.15) is 0 Å². The fourth-order valence-corrected chi connectivity index (χ4v) is 2.78. The molecule has 3 aromatic rings. The van der Waals surface area contributed by atoms with Gasteiger partial charge in [-0.15, -0.1) is 0 Å². The molecular weight excluding hydrogens is 242 g/mol. The van der Waals surface area contributed by atoms with E-state index in [1.165, 1.54) is 16.3 Å². The first kappa shape index (κ1) is 12.9. The first-order valence-corrected chi connectivity index (χ1v) is 6.85. The van der Waals surface area contributed by atoms with Crippen LogP contribution in [0.2, 0.25) is 0 Å². The molecule has 3 rings (SSSR count). The van der Waals surface area contributed by atoms with Crippen molar-refractivity contribution in [1.82, 2.24) is 0 Å². The molecule has 0 fully saturated rings. The lowest BCUT2D eigenvalue weighted by atomic mass is 9.74. The number of fused-ring (bicyclic) bond motifs is 1. The van der Waals surface area contributed by atoms with E-state index in [0.717, 1.165) is 5.56 Å². The Morgan fingerprint density at radius 3 is 2.20 bits per heavy atom. The molecule has 1 atom stereocenters. The van der Waals surface area contributed by atoms with Gasteiger partial charge in [-0.1, -0.05) is 72.8 Å². The molecule has 1 nitrogen and oxygen atoms in total. The Hall–Kier alpha value is -2.12. The van der Waals surface area contributed by atoms with Gasteiger partial charge in [0.25, 0.3) is 0 Å². The van der Waals surface area contributed by atoms with Gasteiger partial charge < -0.3 is 5.73 Å². The quantitative estimate of drug-likeness (QED) is 0.759. The Kier molecular flexibility index (Phi) is 3.29. The molecule has 0 saturated carbocycles. The van der Waals surface area contributed by atoms with Gasteiger partial charge in [0.05, 0.1) is 0 Å². The van der Waals surface area contributed by atoms with Crippen LogP contribution in [0.1, 0.15) is 11.1 Å². The maximum atomic E-state index is 6.10. The van der Waals surface area contributed by atoms with Crippen molar-refractivity contribution in [3.63, 3.8) is 0 Å². The van der Waals surface area contributed by atoms with Crippen LogP contribution in [0.15, 0.2) is 72.8 Å². The molecule has 1 radical (unpaired) electrons. The van der Waals surface area contributed by atoms with Crippen molar-refractivity contribution in [2.45, 2.75) is 5.41 Å². The summed E-state index contributed by atoms with van der Waals surface area (Å²) in [4.78, 5) is 0. The van der Waals surface area contributed by atoms with Gasteiger partial charge in [0, 0.05) is 12.0 Å². The highest BCUT2D eigenvalue weighted by Gasteiger charge is 2.28. The SMILES string of the molecule is [CH2]C(CN)(c1ccccc1)c1cccc2ccccc12. The molecule has 99 valence electrons. The third kappa shape index (κ3) is 2.00. The summed E-state index contributed by atoms with van der Waals surface area (Å²) in [7, 11) is 0. The van der Waals surface area contributed by atoms with Gasteiger partial charge in [-0.05, 0) is 28.8 Å². The highest BCUT2D eigenvalue weighted by molar-refractivity contribution is 5.87. The summed E-state index contributed by atoms with van der Waals surface area (Å²) in [6, 6.07) is 25.0. The molecule has 0 aromatic heterocycles. The van der Waals surface area contributed by atoms with E-state index in [2.05, 4.69) is 61.5 Å². The highest BCUT2D eigenvalue weighted by Crippen LogP contribution is 2.35. The predicted octanol–water partition coefficient (Wildman–Crippen LogP) is 3.92. The average Bonchev–Trinajstić information content (AvgIpc) is 2.54. The summed E-state index contributed by atoms with van der Waals surface area (Å²) in [5, 5.41) is 2.45.